The molecular weight excluding hydrogens is 368 g/mol. The van der Waals surface area contributed by atoms with Gasteiger partial charge in [-0.15, -0.1) is 0 Å². The van der Waals surface area contributed by atoms with Crippen LogP contribution in [0.15, 0.2) is 42.5 Å². The number of aliphatic hydroxyl groups is 2. The Balaban J connectivity index is 1.35. The highest BCUT2D eigenvalue weighted by Gasteiger charge is 2.37. The fourth-order valence-electron chi connectivity index (χ4n) is 4.48. The molecule has 0 spiro atoms. The molecule has 6 heteroatoms. The van der Waals surface area contributed by atoms with Gasteiger partial charge in [0.2, 0.25) is 0 Å². The molecule has 0 radical (unpaired) electrons. The maximum atomic E-state index is 12.6. The average molecular weight is 396 g/mol. The number of nitrogens with zero attached hydrogens (tertiary/aromatic N) is 2. The Morgan fingerprint density at radius 2 is 1.34 bits per heavy atom. The lowest BCUT2D eigenvalue weighted by molar-refractivity contribution is -0.158. The summed E-state index contributed by atoms with van der Waals surface area (Å²) in [5, 5.41) is 22.9. The molecule has 0 aromatic heterocycles. The van der Waals surface area contributed by atoms with E-state index in [0.717, 1.165) is 25.7 Å². The molecular formula is C23H28N2O4. The van der Waals surface area contributed by atoms with Crippen LogP contribution in [0.5, 0.6) is 0 Å². The fourth-order valence-corrected chi connectivity index (χ4v) is 4.48. The highest BCUT2D eigenvalue weighted by Crippen LogP contribution is 2.30. The molecule has 2 amide bonds. The number of hydrogen-bond acceptors (Lipinski definition) is 4. The van der Waals surface area contributed by atoms with Gasteiger partial charge in [0.15, 0.2) is 12.2 Å². The molecule has 0 aliphatic carbocycles. The zero-order valence-electron chi connectivity index (χ0n) is 16.5. The normalized spacial score (nSPS) is 20.1. The van der Waals surface area contributed by atoms with E-state index < -0.39 is 24.0 Å². The lowest BCUT2D eigenvalue weighted by Crippen LogP contribution is -2.52. The molecule has 0 bridgehead atoms. The van der Waals surface area contributed by atoms with Crippen LogP contribution in [0.3, 0.4) is 0 Å². The Kier molecular flexibility index (Phi) is 5.83. The van der Waals surface area contributed by atoms with Gasteiger partial charge in [0.1, 0.15) is 0 Å². The van der Waals surface area contributed by atoms with Gasteiger partial charge in [0.25, 0.3) is 11.8 Å². The molecule has 29 heavy (non-hydrogen) atoms. The quantitative estimate of drug-likeness (QED) is 0.827. The Labute approximate surface area is 170 Å². The first-order chi connectivity index (χ1) is 14.0. The largest absolute Gasteiger partial charge is 0.380 e. The molecule has 154 valence electrons. The molecule has 2 aromatic rings. The summed E-state index contributed by atoms with van der Waals surface area (Å²) in [7, 11) is 0. The second-order valence-corrected chi connectivity index (χ2v) is 8.13. The van der Waals surface area contributed by atoms with Crippen LogP contribution in [0.2, 0.25) is 0 Å². The van der Waals surface area contributed by atoms with Crippen LogP contribution in [0, 0.1) is 0 Å². The third-order valence-electron chi connectivity index (χ3n) is 6.27. The Hall–Kier alpha value is -2.44. The summed E-state index contributed by atoms with van der Waals surface area (Å²) >= 11 is 0. The number of rotatable bonds is 4. The van der Waals surface area contributed by atoms with Gasteiger partial charge in [-0.3, -0.25) is 9.59 Å². The average Bonchev–Trinajstić information content (AvgIpc) is 3.32. The van der Waals surface area contributed by atoms with Crippen LogP contribution >= 0.6 is 0 Å². The van der Waals surface area contributed by atoms with Crippen molar-refractivity contribution in [3.63, 3.8) is 0 Å². The van der Waals surface area contributed by atoms with E-state index in [9.17, 15) is 19.8 Å². The maximum absolute atomic E-state index is 12.6. The molecule has 0 unspecified atom stereocenters. The monoisotopic (exact) mass is 396 g/mol. The number of piperidine rings is 1. The zero-order valence-corrected chi connectivity index (χ0v) is 16.5. The van der Waals surface area contributed by atoms with E-state index in [-0.39, 0.29) is 0 Å². The molecule has 0 saturated carbocycles. The Bertz CT molecular complexity index is 885. The molecule has 2 saturated heterocycles. The number of aliphatic hydroxyl groups excluding tert-OH is 2. The Morgan fingerprint density at radius 1 is 0.793 bits per heavy atom. The molecule has 6 nitrogen and oxygen atoms in total. The number of hydrogen-bond donors (Lipinski definition) is 2. The summed E-state index contributed by atoms with van der Waals surface area (Å²) in [5.74, 6) is -0.742. The van der Waals surface area contributed by atoms with Crippen molar-refractivity contribution in [3.8, 4) is 0 Å². The van der Waals surface area contributed by atoms with Gasteiger partial charge in [-0.2, -0.15) is 0 Å². The van der Waals surface area contributed by atoms with E-state index in [0.29, 0.717) is 32.1 Å². The van der Waals surface area contributed by atoms with Crippen molar-refractivity contribution in [2.75, 3.05) is 26.2 Å². The second-order valence-electron chi connectivity index (χ2n) is 8.13. The Morgan fingerprint density at radius 3 is 1.97 bits per heavy atom. The second kappa shape index (κ2) is 8.51. The third-order valence-corrected chi connectivity index (χ3v) is 6.27. The van der Waals surface area contributed by atoms with Gasteiger partial charge in [0.05, 0.1) is 0 Å². The van der Waals surface area contributed by atoms with Crippen molar-refractivity contribution in [1.29, 1.82) is 0 Å². The van der Waals surface area contributed by atoms with E-state index >= 15 is 0 Å². The predicted molar refractivity (Wildman–Crippen MR) is 110 cm³/mol. The minimum absolute atomic E-state index is 0.358. The summed E-state index contributed by atoms with van der Waals surface area (Å²) in [4.78, 5) is 28.0. The summed E-state index contributed by atoms with van der Waals surface area (Å²) in [6.45, 7) is 2.18. The molecule has 4 rings (SSSR count). The van der Waals surface area contributed by atoms with Crippen LogP contribution in [0.25, 0.3) is 10.8 Å². The van der Waals surface area contributed by atoms with Gasteiger partial charge >= 0.3 is 0 Å². The first kappa shape index (κ1) is 19.9. The minimum Gasteiger partial charge on any atom is -0.380 e. The SMILES string of the molecule is O=C([C@H](O)[C@@H](O)C(=O)N1CCC(c2ccc3ccccc3c2)CC1)N1CCCC1. The maximum Gasteiger partial charge on any atom is 0.254 e. The van der Waals surface area contributed by atoms with Gasteiger partial charge in [-0.1, -0.05) is 42.5 Å². The van der Waals surface area contributed by atoms with Crippen LogP contribution in [0.4, 0.5) is 0 Å². The van der Waals surface area contributed by atoms with Gasteiger partial charge < -0.3 is 20.0 Å². The lowest BCUT2D eigenvalue weighted by atomic mass is 9.88. The molecule has 2 fully saturated rings. The smallest absolute Gasteiger partial charge is 0.254 e. The zero-order chi connectivity index (χ0) is 20.4. The predicted octanol–water partition coefficient (Wildman–Crippen LogP) is 1.89. The number of likely N-dealkylation sites (tertiary alicyclic amines) is 2. The van der Waals surface area contributed by atoms with Crippen molar-refractivity contribution < 1.29 is 19.8 Å². The van der Waals surface area contributed by atoms with Crippen molar-refractivity contribution in [3.05, 3.63) is 48.0 Å². The molecule has 2 aliphatic heterocycles. The van der Waals surface area contributed by atoms with E-state index in [1.807, 2.05) is 12.1 Å². The van der Waals surface area contributed by atoms with Crippen molar-refractivity contribution >= 4 is 22.6 Å². The number of carbonyl (C=O) groups is 2. The molecule has 2 atom stereocenters. The van der Waals surface area contributed by atoms with E-state index in [1.54, 1.807) is 4.90 Å². The lowest BCUT2D eigenvalue weighted by Gasteiger charge is -2.34. The summed E-state index contributed by atoms with van der Waals surface area (Å²) in [6, 6.07) is 14.8. The van der Waals surface area contributed by atoms with E-state index in [4.69, 9.17) is 0 Å². The van der Waals surface area contributed by atoms with Crippen molar-refractivity contribution in [2.24, 2.45) is 0 Å². The summed E-state index contributed by atoms with van der Waals surface area (Å²) in [6.07, 6.45) is 0.00863. The number of benzene rings is 2. The number of fused-ring (bicyclic) bond motifs is 1. The van der Waals surface area contributed by atoms with E-state index in [2.05, 4.69) is 30.3 Å². The first-order valence-corrected chi connectivity index (χ1v) is 10.5. The highest BCUT2D eigenvalue weighted by atomic mass is 16.3. The first-order valence-electron chi connectivity index (χ1n) is 10.5. The van der Waals surface area contributed by atoms with Crippen LogP contribution < -0.4 is 0 Å². The number of amides is 2. The highest BCUT2D eigenvalue weighted by molar-refractivity contribution is 5.91. The standard InChI is InChI=1S/C23H28N2O4/c26-20(22(28)24-11-3-4-12-24)21(27)23(29)25-13-9-17(10-14-25)19-8-7-16-5-1-2-6-18(16)15-19/h1-2,5-8,15,17,20-21,26-27H,3-4,9-14H2/t20-,21-/m1/s1. The number of carbonyl (C=O) groups excluding carboxylic acids is 2. The minimum atomic E-state index is -1.69. The molecule has 2 heterocycles. The molecule has 2 aliphatic rings. The molecule has 2 aromatic carbocycles. The van der Waals surface area contributed by atoms with Gasteiger partial charge in [-0.05, 0) is 47.9 Å². The topological polar surface area (TPSA) is 81.1 Å². The van der Waals surface area contributed by atoms with Gasteiger partial charge in [0, 0.05) is 26.2 Å². The molecule has 2 N–H and O–H groups in total. The third kappa shape index (κ3) is 4.14. The van der Waals surface area contributed by atoms with Crippen LogP contribution in [-0.4, -0.2) is 70.2 Å². The fraction of sp³-hybridized carbons (Fsp3) is 0.478. The summed E-state index contributed by atoms with van der Waals surface area (Å²) < 4.78 is 0. The van der Waals surface area contributed by atoms with Crippen molar-refractivity contribution in [2.45, 2.75) is 43.8 Å². The van der Waals surface area contributed by atoms with E-state index in [1.165, 1.54) is 21.2 Å². The van der Waals surface area contributed by atoms with Crippen molar-refractivity contribution in [1.82, 2.24) is 9.80 Å². The van der Waals surface area contributed by atoms with Gasteiger partial charge in [-0.25, -0.2) is 0 Å². The van der Waals surface area contributed by atoms with Crippen LogP contribution in [0.1, 0.15) is 37.2 Å². The van der Waals surface area contributed by atoms with Crippen LogP contribution in [-0.2, 0) is 9.59 Å². The summed E-state index contributed by atoms with van der Waals surface area (Å²) in [5.41, 5.74) is 1.26.